The maximum absolute atomic E-state index is 13.2. The topological polar surface area (TPSA) is 67.3 Å². The van der Waals surface area contributed by atoms with E-state index >= 15 is 0 Å². The molecule has 1 heterocycles. The Bertz CT molecular complexity index is 1210. The third kappa shape index (κ3) is 5.49. The van der Waals surface area contributed by atoms with Gasteiger partial charge in [-0.2, -0.15) is 0 Å². The van der Waals surface area contributed by atoms with Gasteiger partial charge in [0.1, 0.15) is 0 Å². The van der Waals surface area contributed by atoms with Crippen molar-refractivity contribution >= 4 is 55.4 Å². The molecule has 0 spiro atoms. The number of amides is 1. The zero-order valence-electron chi connectivity index (χ0n) is 16.0. The van der Waals surface area contributed by atoms with Gasteiger partial charge in [0.25, 0.3) is 5.91 Å². The predicted octanol–water partition coefficient (Wildman–Crippen LogP) is 5.49. The second-order valence-electron chi connectivity index (χ2n) is 6.62. The number of nitrogens with zero attached hydrogens (tertiary/aromatic N) is 2. The van der Waals surface area contributed by atoms with Crippen LogP contribution in [-0.4, -0.2) is 32.1 Å². The van der Waals surface area contributed by atoms with E-state index in [0.29, 0.717) is 32.0 Å². The zero-order valence-corrected chi connectivity index (χ0v) is 19.2. The van der Waals surface area contributed by atoms with Gasteiger partial charge < -0.3 is 0 Å². The lowest BCUT2D eigenvalue weighted by Crippen LogP contribution is -2.31. The molecule has 0 aliphatic carbocycles. The van der Waals surface area contributed by atoms with Crippen LogP contribution in [-0.2, 0) is 15.6 Å². The van der Waals surface area contributed by atoms with Crippen LogP contribution >= 0.6 is 34.5 Å². The lowest BCUT2D eigenvalue weighted by molar-refractivity contribution is 0.0989. The maximum Gasteiger partial charge on any atom is 0.260 e. The summed E-state index contributed by atoms with van der Waals surface area (Å²) in [5.74, 6) is -0.422. The molecule has 1 amide bonds. The van der Waals surface area contributed by atoms with Crippen molar-refractivity contribution in [2.45, 2.75) is 5.75 Å². The van der Waals surface area contributed by atoms with Gasteiger partial charge in [0.2, 0.25) is 0 Å². The van der Waals surface area contributed by atoms with Crippen LogP contribution in [0.25, 0.3) is 11.3 Å². The number of rotatable bonds is 7. The van der Waals surface area contributed by atoms with Crippen LogP contribution in [0.3, 0.4) is 0 Å². The van der Waals surface area contributed by atoms with E-state index in [2.05, 4.69) is 11.6 Å². The molecular formula is C21H18Cl2N2O3S2. The Kier molecular flexibility index (Phi) is 6.98. The minimum Gasteiger partial charge on any atom is -0.280 e. The molecule has 1 aromatic heterocycles. The van der Waals surface area contributed by atoms with Gasteiger partial charge in [0.05, 0.1) is 21.5 Å². The Balaban J connectivity index is 1.92. The number of halogens is 2. The van der Waals surface area contributed by atoms with Gasteiger partial charge >= 0.3 is 0 Å². The smallest absolute Gasteiger partial charge is 0.260 e. The Morgan fingerprint density at radius 1 is 1.20 bits per heavy atom. The van der Waals surface area contributed by atoms with Gasteiger partial charge in [-0.3, -0.25) is 9.69 Å². The van der Waals surface area contributed by atoms with Crippen molar-refractivity contribution in [1.82, 2.24) is 4.98 Å². The molecule has 0 fully saturated rings. The van der Waals surface area contributed by atoms with Crippen LogP contribution in [0.15, 0.2) is 60.5 Å². The first-order valence-corrected chi connectivity index (χ1v) is 12.5. The number of carbonyl (C=O) groups excluding carboxylic acids is 1. The molecule has 0 unspecified atom stereocenters. The average Bonchev–Trinajstić information content (AvgIpc) is 3.16. The van der Waals surface area contributed by atoms with Gasteiger partial charge in [-0.1, -0.05) is 47.5 Å². The van der Waals surface area contributed by atoms with E-state index in [-0.39, 0.29) is 18.2 Å². The number of hydrogen-bond acceptors (Lipinski definition) is 5. The van der Waals surface area contributed by atoms with Gasteiger partial charge in [0.15, 0.2) is 15.0 Å². The molecule has 156 valence electrons. The second kappa shape index (κ2) is 9.31. The van der Waals surface area contributed by atoms with Gasteiger partial charge in [0, 0.05) is 29.3 Å². The summed E-state index contributed by atoms with van der Waals surface area (Å²) in [4.78, 5) is 19.2. The van der Waals surface area contributed by atoms with Crippen LogP contribution in [0.1, 0.15) is 15.9 Å². The van der Waals surface area contributed by atoms with Crippen molar-refractivity contribution in [1.29, 1.82) is 0 Å². The van der Waals surface area contributed by atoms with E-state index in [9.17, 15) is 13.2 Å². The molecule has 30 heavy (non-hydrogen) atoms. The number of carbonyl (C=O) groups is 1. The number of sulfone groups is 1. The molecule has 3 rings (SSSR count). The first-order valence-electron chi connectivity index (χ1n) is 8.78. The first kappa shape index (κ1) is 22.5. The number of hydrogen-bond donors (Lipinski definition) is 0. The molecule has 3 aromatic rings. The molecule has 0 bridgehead atoms. The lowest BCUT2D eigenvalue weighted by Gasteiger charge is -2.18. The van der Waals surface area contributed by atoms with Gasteiger partial charge in [-0.25, -0.2) is 13.4 Å². The molecule has 0 aliphatic rings. The van der Waals surface area contributed by atoms with Crippen molar-refractivity contribution in [3.8, 4) is 11.3 Å². The lowest BCUT2D eigenvalue weighted by atomic mass is 10.1. The summed E-state index contributed by atoms with van der Waals surface area (Å²) >= 11 is 13.4. The van der Waals surface area contributed by atoms with E-state index in [4.69, 9.17) is 23.2 Å². The van der Waals surface area contributed by atoms with Crippen molar-refractivity contribution in [3.63, 3.8) is 0 Å². The Hall–Kier alpha value is -2.19. The fourth-order valence-electron chi connectivity index (χ4n) is 2.81. The molecule has 0 saturated carbocycles. The molecule has 0 radical (unpaired) electrons. The molecule has 0 atom stereocenters. The quantitative estimate of drug-likeness (QED) is 0.419. The molecule has 2 aromatic carbocycles. The largest absolute Gasteiger partial charge is 0.280 e. The van der Waals surface area contributed by atoms with Crippen LogP contribution in [0, 0.1) is 0 Å². The SMILES string of the molecule is C=CCN(C(=O)c1cccc(CS(C)(=O)=O)c1)c1nc(-c2ccc(Cl)c(Cl)c2)cs1. The standard InChI is InChI=1S/C21H18Cl2N2O3S2/c1-3-9-25(20(26)16-6-4-5-14(10-16)13-30(2,27)28)21-24-19(12-29-21)15-7-8-17(22)18(23)11-15/h3-8,10-12H,1,9,13H2,2H3. The highest BCUT2D eigenvalue weighted by Gasteiger charge is 2.21. The van der Waals surface area contributed by atoms with Crippen LogP contribution in [0.4, 0.5) is 5.13 Å². The third-order valence-electron chi connectivity index (χ3n) is 4.10. The zero-order chi connectivity index (χ0) is 21.9. The highest BCUT2D eigenvalue weighted by atomic mass is 35.5. The van der Waals surface area contributed by atoms with Crippen molar-refractivity contribution in [3.05, 3.63) is 81.7 Å². The molecule has 0 aliphatic heterocycles. The highest BCUT2D eigenvalue weighted by molar-refractivity contribution is 7.89. The predicted molar refractivity (Wildman–Crippen MR) is 124 cm³/mol. The summed E-state index contributed by atoms with van der Waals surface area (Å²) in [6, 6.07) is 11.8. The fourth-order valence-corrected chi connectivity index (χ4v) is 4.73. The molecular weight excluding hydrogens is 463 g/mol. The molecule has 0 saturated heterocycles. The molecule has 9 heteroatoms. The van der Waals surface area contributed by atoms with Crippen LogP contribution in [0.2, 0.25) is 10.0 Å². The van der Waals surface area contributed by atoms with Gasteiger partial charge in [-0.15, -0.1) is 17.9 Å². The number of anilines is 1. The molecule has 0 N–H and O–H groups in total. The Morgan fingerprint density at radius 2 is 1.97 bits per heavy atom. The summed E-state index contributed by atoms with van der Waals surface area (Å²) in [7, 11) is -3.21. The summed E-state index contributed by atoms with van der Waals surface area (Å²) in [5, 5.41) is 3.20. The van der Waals surface area contributed by atoms with Crippen molar-refractivity contribution < 1.29 is 13.2 Å². The highest BCUT2D eigenvalue weighted by Crippen LogP contribution is 2.32. The Morgan fingerprint density at radius 3 is 2.63 bits per heavy atom. The van der Waals surface area contributed by atoms with E-state index in [1.807, 2.05) is 5.38 Å². The van der Waals surface area contributed by atoms with E-state index in [1.165, 1.54) is 16.2 Å². The van der Waals surface area contributed by atoms with E-state index in [1.54, 1.807) is 48.5 Å². The summed E-state index contributed by atoms with van der Waals surface area (Å²) in [5.41, 5.74) is 2.39. The summed E-state index contributed by atoms with van der Waals surface area (Å²) in [6.45, 7) is 3.98. The number of thiazole rings is 1. The van der Waals surface area contributed by atoms with Crippen LogP contribution in [0.5, 0.6) is 0 Å². The average molecular weight is 481 g/mol. The Labute approximate surface area is 189 Å². The van der Waals surface area contributed by atoms with E-state index < -0.39 is 9.84 Å². The van der Waals surface area contributed by atoms with Crippen molar-refractivity contribution in [2.24, 2.45) is 0 Å². The second-order valence-corrected chi connectivity index (χ2v) is 10.4. The van der Waals surface area contributed by atoms with Crippen molar-refractivity contribution in [2.75, 3.05) is 17.7 Å². The third-order valence-corrected chi connectivity index (χ3v) is 6.56. The van der Waals surface area contributed by atoms with E-state index in [0.717, 1.165) is 11.8 Å². The van der Waals surface area contributed by atoms with Crippen LogP contribution < -0.4 is 4.90 Å². The monoisotopic (exact) mass is 480 g/mol. The molecule has 5 nitrogen and oxygen atoms in total. The fraction of sp³-hybridized carbons (Fsp3) is 0.143. The minimum absolute atomic E-state index is 0.131. The summed E-state index contributed by atoms with van der Waals surface area (Å²) in [6.07, 6.45) is 2.77. The summed E-state index contributed by atoms with van der Waals surface area (Å²) < 4.78 is 23.2. The number of benzene rings is 2. The normalized spacial score (nSPS) is 11.3. The number of aromatic nitrogens is 1. The van der Waals surface area contributed by atoms with Gasteiger partial charge in [-0.05, 0) is 29.8 Å². The first-order chi connectivity index (χ1) is 14.2. The maximum atomic E-state index is 13.2. The minimum atomic E-state index is -3.21.